The molecule has 0 spiro atoms. The van der Waals surface area contributed by atoms with E-state index in [-0.39, 0.29) is 17.8 Å². The second kappa shape index (κ2) is 8.63. The van der Waals surface area contributed by atoms with Gasteiger partial charge in [0.25, 0.3) is 0 Å². The fourth-order valence-electron chi connectivity index (χ4n) is 2.60. The van der Waals surface area contributed by atoms with Gasteiger partial charge < -0.3 is 15.1 Å². The smallest absolute Gasteiger partial charge is 0.319 e. The molecule has 1 saturated heterocycles. The maximum absolute atomic E-state index is 12.8. The molecule has 0 aliphatic carbocycles. The number of carbonyl (C=O) groups excluding carboxylic acids is 2. The van der Waals surface area contributed by atoms with Crippen molar-refractivity contribution in [3.05, 3.63) is 35.6 Å². The van der Waals surface area contributed by atoms with E-state index in [4.69, 9.17) is 0 Å². The summed E-state index contributed by atoms with van der Waals surface area (Å²) in [5.41, 5.74) is 0.876. The van der Waals surface area contributed by atoms with Gasteiger partial charge in [0.15, 0.2) is 0 Å². The van der Waals surface area contributed by atoms with Gasteiger partial charge in [-0.2, -0.15) is 0 Å². The van der Waals surface area contributed by atoms with Crippen molar-refractivity contribution in [2.45, 2.75) is 13.0 Å². The molecule has 2 rings (SSSR count). The van der Waals surface area contributed by atoms with E-state index >= 15 is 0 Å². The van der Waals surface area contributed by atoms with Gasteiger partial charge in [0.2, 0.25) is 5.91 Å². The second-order valence-electron chi connectivity index (χ2n) is 6.16. The van der Waals surface area contributed by atoms with Gasteiger partial charge in [-0.15, -0.1) is 0 Å². The summed E-state index contributed by atoms with van der Waals surface area (Å²) < 4.78 is 12.8. The predicted octanol–water partition coefficient (Wildman–Crippen LogP) is 1.13. The van der Waals surface area contributed by atoms with Gasteiger partial charge in [-0.3, -0.25) is 9.69 Å². The lowest BCUT2D eigenvalue weighted by atomic mass is 10.2. The molecule has 24 heavy (non-hydrogen) atoms. The Balaban J connectivity index is 1.64. The predicted molar refractivity (Wildman–Crippen MR) is 90.0 cm³/mol. The molecule has 0 unspecified atom stereocenters. The van der Waals surface area contributed by atoms with Crippen molar-refractivity contribution in [2.75, 3.05) is 46.8 Å². The fourth-order valence-corrected chi connectivity index (χ4v) is 2.60. The lowest BCUT2D eigenvalue weighted by Crippen LogP contribution is -2.51. The summed E-state index contributed by atoms with van der Waals surface area (Å²) in [4.78, 5) is 29.4. The van der Waals surface area contributed by atoms with Gasteiger partial charge in [0, 0.05) is 59.8 Å². The molecule has 3 amide bonds. The molecular formula is C17H25FN4O2. The van der Waals surface area contributed by atoms with E-state index < -0.39 is 0 Å². The summed E-state index contributed by atoms with van der Waals surface area (Å²) in [7, 11) is 3.50. The molecular weight excluding hydrogens is 311 g/mol. The Bertz CT molecular complexity index is 554. The zero-order valence-electron chi connectivity index (χ0n) is 14.3. The van der Waals surface area contributed by atoms with Crippen molar-refractivity contribution in [3.8, 4) is 0 Å². The Morgan fingerprint density at radius 3 is 2.33 bits per heavy atom. The molecule has 6 nitrogen and oxygen atoms in total. The van der Waals surface area contributed by atoms with E-state index in [0.717, 1.165) is 18.7 Å². The van der Waals surface area contributed by atoms with Crippen molar-refractivity contribution >= 4 is 11.9 Å². The number of benzene rings is 1. The van der Waals surface area contributed by atoms with Crippen molar-refractivity contribution in [3.63, 3.8) is 0 Å². The van der Waals surface area contributed by atoms with Crippen LogP contribution in [0.2, 0.25) is 0 Å². The highest BCUT2D eigenvalue weighted by Gasteiger charge is 2.22. The zero-order chi connectivity index (χ0) is 17.5. The van der Waals surface area contributed by atoms with E-state index in [2.05, 4.69) is 10.2 Å². The minimum Gasteiger partial charge on any atom is -0.352 e. The Kier molecular flexibility index (Phi) is 6.54. The van der Waals surface area contributed by atoms with Gasteiger partial charge in [-0.1, -0.05) is 12.1 Å². The van der Waals surface area contributed by atoms with E-state index in [1.54, 1.807) is 31.1 Å². The first-order chi connectivity index (χ1) is 11.5. The van der Waals surface area contributed by atoms with Crippen LogP contribution in [-0.2, 0) is 11.3 Å². The number of amides is 3. The number of hydrogen-bond donors (Lipinski definition) is 1. The van der Waals surface area contributed by atoms with Crippen LogP contribution < -0.4 is 5.32 Å². The van der Waals surface area contributed by atoms with Crippen LogP contribution in [0.5, 0.6) is 0 Å². The van der Waals surface area contributed by atoms with E-state index in [1.807, 2.05) is 4.90 Å². The van der Waals surface area contributed by atoms with E-state index in [9.17, 15) is 14.0 Å². The summed E-state index contributed by atoms with van der Waals surface area (Å²) >= 11 is 0. The van der Waals surface area contributed by atoms with Crippen LogP contribution in [-0.4, -0.2) is 73.5 Å². The molecule has 1 aromatic carbocycles. The SMILES string of the molecule is CN(C)C(=O)N1CCN(CCC(=O)NCc2ccc(F)cc2)CC1. The van der Waals surface area contributed by atoms with Crippen molar-refractivity contribution < 1.29 is 14.0 Å². The maximum Gasteiger partial charge on any atom is 0.319 e. The number of nitrogens with one attached hydrogen (secondary N) is 1. The van der Waals surface area contributed by atoms with Gasteiger partial charge >= 0.3 is 6.03 Å². The van der Waals surface area contributed by atoms with Gasteiger partial charge in [0.05, 0.1) is 0 Å². The van der Waals surface area contributed by atoms with Gasteiger partial charge in [0.1, 0.15) is 5.82 Å². The third kappa shape index (κ3) is 5.49. The fraction of sp³-hybridized carbons (Fsp3) is 0.529. The van der Waals surface area contributed by atoms with Crippen LogP contribution in [0, 0.1) is 5.82 Å². The zero-order valence-corrected chi connectivity index (χ0v) is 14.3. The molecule has 0 aromatic heterocycles. The average Bonchev–Trinajstić information content (AvgIpc) is 2.59. The largest absolute Gasteiger partial charge is 0.352 e. The molecule has 1 N–H and O–H groups in total. The van der Waals surface area contributed by atoms with Crippen LogP contribution in [0.25, 0.3) is 0 Å². The standard InChI is InChI=1S/C17H25FN4O2/c1-20(2)17(24)22-11-9-21(10-12-22)8-7-16(23)19-13-14-3-5-15(18)6-4-14/h3-6H,7-13H2,1-2H3,(H,19,23). The summed E-state index contributed by atoms with van der Waals surface area (Å²) in [6.07, 6.45) is 0.419. The van der Waals surface area contributed by atoms with Gasteiger partial charge in [-0.25, -0.2) is 9.18 Å². The Morgan fingerprint density at radius 2 is 1.75 bits per heavy atom. The number of halogens is 1. The van der Waals surface area contributed by atoms with Crippen LogP contribution in [0.1, 0.15) is 12.0 Å². The lowest BCUT2D eigenvalue weighted by Gasteiger charge is -2.35. The minimum atomic E-state index is -0.281. The molecule has 0 atom stereocenters. The molecule has 1 fully saturated rings. The normalized spacial score (nSPS) is 15.2. The monoisotopic (exact) mass is 336 g/mol. The van der Waals surface area contributed by atoms with E-state index in [1.165, 1.54) is 12.1 Å². The van der Waals surface area contributed by atoms with Crippen LogP contribution in [0.4, 0.5) is 9.18 Å². The van der Waals surface area contributed by atoms with Crippen molar-refractivity contribution in [2.24, 2.45) is 0 Å². The highest BCUT2D eigenvalue weighted by atomic mass is 19.1. The van der Waals surface area contributed by atoms with Crippen molar-refractivity contribution in [1.29, 1.82) is 0 Å². The first kappa shape index (κ1) is 18.2. The van der Waals surface area contributed by atoms with E-state index in [0.29, 0.717) is 32.6 Å². The number of nitrogens with zero attached hydrogens (tertiary/aromatic N) is 3. The van der Waals surface area contributed by atoms with Crippen LogP contribution >= 0.6 is 0 Å². The number of piperazine rings is 1. The maximum atomic E-state index is 12.8. The van der Waals surface area contributed by atoms with Crippen LogP contribution in [0.15, 0.2) is 24.3 Å². The number of hydrogen-bond acceptors (Lipinski definition) is 3. The average molecular weight is 336 g/mol. The van der Waals surface area contributed by atoms with Crippen molar-refractivity contribution in [1.82, 2.24) is 20.0 Å². The number of carbonyl (C=O) groups is 2. The highest BCUT2D eigenvalue weighted by Crippen LogP contribution is 2.05. The highest BCUT2D eigenvalue weighted by molar-refractivity contribution is 5.76. The molecule has 0 saturated carbocycles. The topological polar surface area (TPSA) is 55.9 Å². The molecule has 1 aliphatic rings. The van der Waals surface area contributed by atoms with Gasteiger partial charge in [-0.05, 0) is 17.7 Å². The molecule has 0 bridgehead atoms. The molecule has 1 aromatic rings. The molecule has 7 heteroatoms. The Labute approximate surface area is 142 Å². The Hall–Kier alpha value is -2.15. The number of rotatable bonds is 5. The first-order valence-corrected chi connectivity index (χ1v) is 8.15. The third-order valence-electron chi connectivity index (χ3n) is 4.08. The summed E-state index contributed by atoms with van der Waals surface area (Å²) in [5, 5.41) is 2.84. The summed E-state index contributed by atoms with van der Waals surface area (Å²) in [6.45, 7) is 4.03. The summed E-state index contributed by atoms with van der Waals surface area (Å²) in [5.74, 6) is -0.303. The molecule has 1 heterocycles. The van der Waals surface area contributed by atoms with Crippen LogP contribution in [0.3, 0.4) is 0 Å². The molecule has 132 valence electrons. The third-order valence-corrected chi connectivity index (χ3v) is 4.08. The minimum absolute atomic E-state index is 0.0221. The quantitative estimate of drug-likeness (QED) is 0.877. The lowest BCUT2D eigenvalue weighted by molar-refractivity contribution is -0.121. The molecule has 1 aliphatic heterocycles. The Morgan fingerprint density at radius 1 is 1.12 bits per heavy atom. The molecule has 0 radical (unpaired) electrons. The summed E-state index contributed by atoms with van der Waals surface area (Å²) in [6, 6.07) is 6.13. The second-order valence-corrected chi connectivity index (χ2v) is 6.16. The number of urea groups is 1. The first-order valence-electron chi connectivity index (χ1n) is 8.15.